The van der Waals surface area contributed by atoms with Gasteiger partial charge in [0.05, 0.1) is 38.3 Å². The molecule has 107 heavy (non-hydrogen) atoms. The SMILES string of the molecule is CC[C@H](C)[C@H](NC(=O)[C@H](CCC(N)=O)NC(=O)[C@@H](NC(=O)[C@@H](NC(=O)[C@@H](N)CC(N)=O)C(C)C)[C@@H](C)CC)C(=O)N[C@@H](CO)C(=O)N[C@@H](CC(N)=O)C(=O)N[C@@H](CC(=O)O)C(=O)N[C@@H](CC(C)C)C(=O)N[C@@H](CCC(=O)O)C(=O)N[C@@H](CC(N)=O)C(=O)N[C@@H](CC(C)C)C(=O)N[C@@H](CCCN=C(N)N)C(=O)O. The average Bonchev–Trinajstić information content (AvgIpc) is 0.856. The Bertz CT molecular complexity index is 3190. The summed E-state index contributed by atoms with van der Waals surface area (Å²) in [6, 6.07) is -22.6. The number of aliphatic hydroxyl groups is 1. The predicted octanol–water partition coefficient (Wildman–Crippen LogP) is -8.67. The second-order valence-electron chi connectivity index (χ2n) is 26.9. The lowest BCUT2D eigenvalue weighted by Gasteiger charge is -2.31. The Labute approximate surface area is 617 Å². The van der Waals surface area contributed by atoms with Gasteiger partial charge in [0, 0.05) is 19.4 Å². The van der Waals surface area contributed by atoms with Gasteiger partial charge in [-0.05, 0) is 68.1 Å². The zero-order chi connectivity index (χ0) is 82.4. The topological polar surface area (TPSA) is 744 Å². The quantitative estimate of drug-likeness (QED) is 0.0153. The van der Waals surface area contributed by atoms with Crippen LogP contribution >= 0.6 is 0 Å². The maximum atomic E-state index is 14.2. The maximum Gasteiger partial charge on any atom is 0.326 e. The molecular weight excluding hydrogens is 1420 g/mol. The van der Waals surface area contributed by atoms with E-state index in [0.717, 1.165) is 0 Å². The second kappa shape index (κ2) is 48.3. The molecule has 0 spiro atoms. The molecule has 0 aliphatic heterocycles. The molecule has 16 amide bonds. The highest BCUT2D eigenvalue weighted by atomic mass is 16.4. The van der Waals surface area contributed by atoms with Crippen molar-refractivity contribution in [2.24, 2.45) is 74.7 Å². The molecule has 0 unspecified atom stereocenters. The summed E-state index contributed by atoms with van der Waals surface area (Å²) in [6.45, 7) is 14.6. The number of aliphatic carboxylic acids is 3. The van der Waals surface area contributed by atoms with Crippen LogP contribution < -0.4 is 104 Å². The van der Waals surface area contributed by atoms with E-state index in [1.807, 2.05) is 5.32 Å². The summed E-state index contributed by atoms with van der Waals surface area (Å²) in [5.41, 5.74) is 37.8. The number of aliphatic hydroxyl groups excluding tert-OH is 1. The number of guanidine groups is 1. The summed E-state index contributed by atoms with van der Waals surface area (Å²) >= 11 is 0. The van der Waals surface area contributed by atoms with E-state index in [1.165, 1.54) is 6.92 Å². The molecule has 0 saturated carbocycles. The predicted molar refractivity (Wildman–Crippen MR) is 377 cm³/mol. The zero-order valence-electron chi connectivity index (χ0n) is 61.7. The van der Waals surface area contributed by atoms with E-state index >= 15 is 0 Å². The molecule has 0 heterocycles. The molecule has 43 nitrogen and oxygen atoms in total. The molecule has 0 aliphatic rings. The summed E-state index contributed by atoms with van der Waals surface area (Å²) in [5.74, 6) is -26.5. The minimum Gasteiger partial charge on any atom is -0.481 e. The van der Waals surface area contributed by atoms with Crippen molar-refractivity contribution in [2.45, 2.75) is 238 Å². The fourth-order valence-electron chi connectivity index (χ4n) is 10.1. The van der Waals surface area contributed by atoms with E-state index in [1.54, 1.807) is 62.3 Å². The van der Waals surface area contributed by atoms with Gasteiger partial charge in [-0.15, -0.1) is 0 Å². The third-order valence-corrected chi connectivity index (χ3v) is 16.3. The standard InChI is InChI=1S/C64H110N20O23/c1-11-30(9)49(83-53(96)33(15-17-42(66)86)74-61(104)50(31(10)12-2)84-60(103)48(29(7)8)82-51(94)32(65)22-43(67)87)62(105)81-41(26-85)59(102)79-39(24-45(69)89)57(100)80-40(25-47(92)93)58(101)77-36(20-27(3)4)54(97)73-34(16-18-46(90)91)52(95)78-38(23-44(68)88)56(99)76-37(21-28(5)6)55(98)75-35(63(106)107)14-13-19-72-64(70)71/h27-41,48-50,85H,11-26,65H2,1-10H3,(H2,66,86)(H2,67,87)(H2,68,88)(H2,69,89)(H,73,97)(H,74,104)(H,75,98)(H,76,99)(H,77,101)(H,78,95)(H,79,102)(H,80,100)(H,81,105)(H,82,94)(H,83,96)(H,84,103)(H,90,91)(H,92,93)(H,106,107)(H4,70,71,72)/t30-,31-,32-,33-,34-,35-,36-,37-,38-,39-,40-,41-,48-,49-,50-/m0/s1. The lowest BCUT2D eigenvalue weighted by atomic mass is 9.95. The number of hydrogen-bond donors (Lipinski definition) is 23. The summed E-state index contributed by atoms with van der Waals surface area (Å²) in [7, 11) is 0. The molecular formula is C64H110N20O23. The second-order valence-corrected chi connectivity index (χ2v) is 26.9. The van der Waals surface area contributed by atoms with Crippen LogP contribution in [0, 0.1) is 29.6 Å². The largest absolute Gasteiger partial charge is 0.481 e. The third kappa shape index (κ3) is 37.6. The molecule has 0 aliphatic carbocycles. The molecule has 0 bridgehead atoms. The zero-order valence-corrected chi connectivity index (χ0v) is 61.7. The lowest BCUT2D eigenvalue weighted by molar-refractivity contribution is -0.143. The number of nitrogens with one attached hydrogen (secondary N) is 12. The van der Waals surface area contributed by atoms with E-state index < -0.39 is 273 Å². The molecule has 0 aromatic carbocycles. The van der Waals surface area contributed by atoms with E-state index in [-0.39, 0.29) is 56.9 Å². The molecule has 30 N–H and O–H groups in total. The fraction of sp³-hybridized carbons (Fsp3) is 0.688. The number of primary amides is 4. The van der Waals surface area contributed by atoms with Gasteiger partial charge in [0.25, 0.3) is 0 Å². The van der Waals surface area contributed by atoms with Gasteiger partial charge in [0.15, 0.2) is 5.96 Å². The maximum absolute atomic E-state index is 14.2. The number of carbonyl (C=O) groups excluding carboxylic acids is 16. The Morgan fingerprint density at radius 1 is 0.346 bits per heavy atom. The van der Waals surface area contributed by atoms with Crippen LogP contribution in [0.3, 0.4) is 0 Å². The van der Waals surface area contributed by atoms with E-state index in [4.69, 9.17) is 40.1 Å². The first-order valence-electron chi connectivity index (χ1n) is 34.6. The molecule has 0 rings (SSSR count). The van der Waals surface area contributed by atoms with Crippen molar-refractivity contribution in [2.75, 3.05) is 13.2 Å². The number of aliphatic imine (C=N–C) groups is 1. The summed E-state index contributed by atoms with van der Waals surface area (Å²) < 4.78 is 0. The Kier molecular flexibility index (Phi) is 43.4. The first-order valence-corrected chi connectivity index (χ1v) is 34.6. The molecule has 0 radical (unpaired) electrons. The summed E-state index contributed by atoms with van der Waals surface area (Å²) in [6.07, 6.45) is -6.65. The van der Waals surface area contributed by atoms with Crippen molar-refractivity contribution in [3.8, 4) is 0 Å². The molecule has 0 saturated heterocycles. The van der Waals surface area contributed by atoms with Crippen molar-refractivity contribution in [3.05, 3.63) is 0 Å². The van der Waals surface area contributed by atoms with Gasteiger partial charge in [-0.25, -0.2) is 4.79 Å². The molecule has 43 heteroatoms. The number of amides is 16. The Balaban J connectivity index is 7.05. The molecule has 0 aromatic rings. The highest BCUT2D eigenvalue weighted by molar-refractivity contribution is 6.02. The van der Waals surface area contributed by atoms with Crippen molar-refractivity contribution in [3.63, 3.8) is 0 Å². The van der Waals surface area contributed by atoms with E-state index in [9.17, 15) is 112 Å². The third-order valence-electron chi connectivity index (χ3n) is 16.3. The molecule has 15 atom stereocenters. The van der Waals surface area contributed by atoms with Gasteiger partial charge in [-0.3, -0.25) is 91.3 Å². The summed E-state index contributed by atoms with van der Waals surface area (Å²) in [5, 5.41) is 67.5. The number of hydrogen-bond acceptors (Lipinski definition) is 22. The van der Waals surface area contributed by atoms with Crippen LogP contribution in [0.2, 0.25) is 0 Å². The highest BCUT2D eigenvalue weighted by Gasteiger charge is 2.40. The first kappa shape index (κ1) is 96.1. The number of nitrogens with zero attached hydrogens (tertiary/aromatic N) is 1. The molecule has 0 fully saturated rings. The van der Waals surface area contributed by atoms with Crippen molar-refractivity contribution in [1.82, 2.24) is 63.8 Å². The lowest BCUT2D eigenvalue weighted by Crippen LogP contribution is -2.62. The minimum absolute atomic E-state index is 0.00543. The number of nitrogens with two attached hydrogens (primary N) is 7. The number of rotatable bonds is 53. The van der Waals surface area contributed by atoms with Gasteiger partial charge in [-0.2, -0.15) is 0 Å². The van der Waals surface area contributed by atoms with E-state index in [0.29, 0.717) is 0 Å². The van der Waals surface area contributed by atoms with Crippen molar-refractivity contribution in [1.29, 1.82) is 0 Å². The van der Waals surface area contributed by atoms with Crippen LogP contribution in [0.25, 0.3) is 0 Å². The number of carboxylic acid groups (broad SMARTS) is 3. The van der Waals surface area contributed by atoms with Crippen LogP contribution in [0.15, 0.2) is 4.99 Å². The molecule has 0 aromatic heterocycles. The Morgan fingerprint density at radius 2 is 0.673 bits per heavy atom. The van der Waals surface area contributed by atoms with Crippen LogP contribution in [0.4, 0.5) is 0 Å². The van der Waals surface area contributed by atoms with Crippen LogP contribution in [0.5, 0.6) is 0 Å². The molecule has 604 valence electrons. The average molecular weight is 1530 g/mol. The monoisotopic (exact) mass is 1530 g/mol. The highest BCUT2D eigenvalue weighted by Crippen LogP contribution is 2.16. The Hall–Kier alpha value is -10.9. The summed E-state index contributed by atoms with van der Waals surface area (Å²) in [4.78, 5) is 255. The Morgan fingerprint density at radius 3 is 1.04 bits per heavy atom. The van der Waals surface area contributed by atoms with Crippen LogP contribution in [-0.2, 0) is 91.1 Å². The van der Waals surface area contributed by atoms with Gasteiger partial charge in [0.1, 0.15) is 72.5 Å². The normalized spacial score (nSPS) is 15.3. The van der Waals surface area contributed by atoms with Crippen molar-refractivity contribution >= 4 is 118 Å². The van der Waals surface area contributed by atoms with E-state index in [2.05, 4.69) is 63.5 Å². The first-order chi connectivity index (χ1) is 49.7. The van der Waals surface area contributed by atoms with Gasteiger partial charge in [0.2, 0.25) is 94.5 Å². The fourth-order valence-corrected chi connectivity index (χ4v) is 10.1. The smallest absolute Gasteiger partial charge is 0.326 e. The number of carboxylic acids is 3. The van der Waals surface area contributed by atoms with Crippen LogP contribution in [0.1, 0.15) is 159 Å². The van der Waals surface area contributed by atoms with Gasteiger partial charge >= 0.3 is 17.9 Å². The minimum atomic E-state index is -2.20. The van der Waals surface area contributed by atoms with Gasteiger partial charge in [-0.1, -0.05) is 82.1 Å². The van der Waals surface area contributed by atoms with Crippen LogP contribution in [-0.4, -0.2) is 231 Å². The van der Waals surface area contributed by atoms with Gasteiger partial charge < -0.3 is 124 Å². The van der Waals surface area contributed by atoms with Crippen molar-refractivity contribution < 1.29 is 112 Å². The number of carbonyl (C=O) groups is 19.